The van der Waals surface area contributed by atoms with E-state index in [1.165, 1.54) is 0 Å². The number of carbonyl (C=O) groups excluding carboxylic acids is 1. The molecule has 18 heavy (non-hydrogen) atoms. The van der Waals surface area contributed by atoms with Gasteiger partial charge in [-0.25, -0.2) is 4.98 Å². The molecule has 1 aromatic rings. The second-order valence-electron chi connectivity index (χ2n) is 3.72. The van der Waals surface area contributed by atoms with Crippen molar-refractivity contribution in [2.75, 3.05) is 45.8 Å². The molecule has 0 unspecified atom stereocenters. The highest BCUT2D eigenvalue weighted by Gasteiger charge is 2.12. The number of aliphatic hydroxyl groups is 1. The predicted molar refractivity (Wildman–Crippen MR) is 68.6 cm³/mol. The Morgan fingerprint density at radius 2 is 2.28 bits per heavy atom. The molecule has 0 aliphatic heterocycles. The number of carbonyl (C=O) groups is 1. The van der Waals surface area contributed by atoms with E-state index in [-0.39, 0.29) is 19.1 Å². The van der Waals surface area contributed by atoms with Gasteiger partial charge in [0.1, 0.15) is 11.5 Å². The third-order valence-corrected chi connectivity index (χ3v) is 2.38. The fourth-order valence-corrected chi connectivity index (χ4v) is 1.36. The molecule has 1 amide bonds. The molecule has 0 fully saturated rings. The lowest BCUT2D eigenvalue weighted by Crippen LogP contribution is -2.31. The first kappa shape index (κ1) is 14.4. The second kappa shape index (κ2) is 7.62. The molecular formula is C12H19N3O3. The first-order valence-electron chi connectivity index (χ1n) is 5.78. The van der Waals surface area contributed by atoms with Crippen molar-refractivity contribution in [1.82, 2.24) is 9.88 Å². The van der Waals surface area contributed by atoms with E-state index in [1.54, 1.807) is 37.2 Å². The third-order valence-electron chi connectivity index (χ3n) is 2.38. The number of nitrogens with zero attached hydrogens (tertiary/aromatic N) is 2. The monoisotopic (exact) mass is 253 g/mol. The van der Waals surface area contributed by atoms with Gasteiger partial charge in [0.25, 0.3) is 5.91 Å². The van der Waals surface area contributed by atoms with E-state index in [0.29, 0.717) is 24.7 Å². The highest BCUT2D eigenvalue weighted by atomic mass is 16.5. The van der Waals surface area contributed by atoms with Gasteiger partial charge in [-0.05, 0) is 12.1 Å². The predicted octanol–water partition coefficient (Wildman–Crippen LogP) is 0.204. The van der Waals surface area contributed by atoms with Gasteiger partial charge in [-0.1, -0.05) is 6.07 Å². The van der Waals surface area contributed by atoms with Crippen LogP contribution in [0.4, 0.5) is 5.82 Å². The molecule has 0 atom stereocenters. The zero-order chi connectivity index (χ0) is 13.4. The van der Waals surface area contributed by atoms with Crippen LogP contribution in [0, 0.1) is 0 Å². The smallest absolute Gasteiger partial charge is 0.272 e. The molecule has 1 aromatic heterocycles. The summed E-state index contributed by atoms with van der Waals surface area (Å²) in [7, 11) is 3.45. The number of ether oxygens (including phenoxy) is 1. The van der Waals surface area contributed by atoms with Gasteiger partial charge < -0.3 is 20.1 Å². The average molecular weight is 253 g/mol. The SMILES string of the molecule is CNc1cccc(C(=O)N(C)CCOCCO)n1. The maximum absolute atomic E-state index is 12.0. The summed E-state index contributed by atoms with van der Waals surface area (Å²) in [6.07, 6.45) is 0. The molecule has 6 nitrogen and oxygen atoms in total. The number of amides is 1. The van der Waals surface area contributed by atoms with Crippen LogP contribution in [0.3, 0.4) is 0 Å². The molecule has 0 saturated heterocycles. The minimum absolute atomic E-state index is 0.0105. The highest BCUT2D eigenvalue weighted by Crippen LogP contribution is 2.06. The van der Waals surface area contributed by atoms with Gasteiger partial charge >= 0.3 is 0 Å². The lowest BCUT2D eigenvalue weighted by Gasteiger charge is -2.16. The van der Waals surface area contributed by atoms with Crippen LogP contribution in [0.1, 0.15) is 10.5 Å². The maximum atomic E-state index is 12.0. The minimum Gasteiger partial charge on any atom is -0.394 e. The Bertz CT molecular complexity index is 385. The minimum atomic E-state index is -0.153. The molecule has 0 spiro atoms. The Labute approximate surface area is 107 Å². The third kappa shape index (κ3) is 4.31. The number of hydrogen-bond acceptors (Lipinski definition) is 5. The Morgan fingerprint density at radius 1 is 1.50 bits per heavy atom. The van der Waals surface area contributed by atoms with Crippen LogP contribution in [-0.4, -0.2) is 61.4 Å². The summed E-state index contributed by atoms with van der Waals surface area (Å²) in [5, 5.41) is 11.4. The van der Waals surface area contributed by atoms with E-state index in [1.807, 2.05) is 0 Å². The zero-order valence-corrected chi connectivity index (χ0v) is 10.7. The molecule has 1 rings (SSSR count). The van der Waals surface area contributed by atoms with Crippen molar-refractivity contribution in [3.05, 3.63) is 23.9 Å². The molecule has 0 radical (unpaired) electrons. The lowest BCUT2D eigenvalue weighted by atomic mass is 10.3. The second-order valence-corrected chi connectivity index (χ2v) is 3.72. The van der Waals surface area contributed by atoms with Crippen molar-refractivity contribution in [3.8, 4) is 0 Å². The normalized spacial score (nSPS) is 10.2. The number of likely N-dealkylation sites (N-methyl/N-ethyl adjacent to an activating group) is 1. The van der Waals surface area contributed by atoms with Gasteiger partial charge in [-0.2, -0.15) is 0 Å². The Hall–Kier alpha value is -1.66. The molecule has 100 valence electrons. The lowest BCUT2D eigenvalue weighted by molar-refractivity contribution is 0.0614. The summed E-state index contributed by atoms with van der Waals surface area (Å²) in [4.78, 5) is 17.7. The first-order chi connectivity index (χ1) is 8.69. The van der Waals surface area contributed by atoms with Gasteiger partial charge in [0.2, 0.25) is 0 Å². The van der Waals surface area contributed by atoms with Crippen LogP contribution in [0.25, 0.3) is 0 Å². The van der Waals surface area contributed by atoms with Crippen LogP contribution in [0.15, 0.2) is 18.2 Å². The standard InChI is InChI=1S/C12H19N3O3/c1-13-11-5-3-4-10(14-11)12(17)15(2)6-8-18-9-7-16/h3-5,16H,6-9H2,1-2H3,(H,13,14). The van der Waals surface area contributed by atoms with Gasteiger partial charge in [0.05, 0.1) is 19.8 Å². The van der Waals surface area contributed by atoms with Crippen molar-refractivity contribution >= 4 is 11.7 Å². The summed E-state index contributed by atoms with van der Waals surface area (Å²) in [5.74, 6) is 0.505. The van der Waals surface area contributed by atoms with Crippen molar-refractivity contribution in [2.24, 2.45) is 0 Å². The zero-order valence-electron chi connectivity index (χ0n) is 10.7. The molecule has 2 N–H and O–H groups in total. The molecule has 1 heterocycles. The average Bonchev–Trinajstić information content (AvgIpc) is 2.42. The summed E-state index contributed by atoms with van der Waals surface area (Å²) in [6.45, 7) is 1.14. The van der Waals surface area contributed by atoms with E-state index in [0.717, 1.165) is 0 Å². The topological polar surface area (TPSA) is 74.7 Å². The van der Waals surface area contributed by atoms with E-state index in [2.05, 4.69) is 10.3 Å². The summed E-state index contributed by atoms with van der Waals surface area (Å²) in [5.41, 5.74) is 0.395. The molecule has 0 saturated carbocycles. The van der Waals surface area contributed by atoms with Gasteiger partial charge in [-0.3, -0.25) is 4.79 Å². The van der Waals surface area contributed by atoms with E-state index in [4.69, 9.17) is 9.84 Å². The quantitative estimate of drug-likeness (QED) is 0.679. The molecule has 0 aliphatic carbocycles. The van der Waals surface area contributed by atoms with Gasteiger partial charge in [0.15, 0.2) is 0 Å². The number of hydrogen-bond donors (Lipinski definition) is 2. The van der Waals surface area contributed by atoms with Crippen LogP contribution in [0.2, 0.25) is 0 Å². The van der Waals surface area contributed by atoms with Crippen LogP contribution in [0.5, 0.6) is 0 Å². The van der Waals surface area contributed by atoms with Crippen LogP contribution >= 0.6 is 0 Å². The van der Waals surface area contributed by atoms with Crippen LogP contribution < -0.4 is 5.32 Å². The fourth-order valence-electron chi connectivity index (χ4n) is 1.36. The van der Waals surface area contributed by atoms with Gasteiger partial charge in [-0.15, -0.1) is 0 Å². The fraction of sp³-hybridized carbons (Fsp3) is 0.500. The Balaban J connectivity index is 2.51. The number of aliphatic hydroxyl groups excluding tert-OH is 1. The summed E-state index contributed by atoms with van der Waals surface area (Å²) < 4.78 is 5.11. The van der Waals surface area contributed by atoms with Crippen LogP contribution in [-0.2, 0) is 4.74 Å². The molecule has 0 bridgehead atoms. The molecular weight excluding hydrogens is 234 g/mol. The van der Waals surface area contributed by atoms with Crippen molar-refractivity contribution in [2.45, 2.75) is 0 Å². The van der Waals surface area contributed by atoms with E-state index < -0.39 is 0 Å². The number of anilines is 1. The van der Waals surface area contributed by atoms with Gasteiger partial charge in [0, 0.05) is 20.6 Å². The molecule has 6 heteroatoms. The van der Waals surface area contributed by atoms with E-state index >= 15 is 0 Å². The number of pyridine rings is 1. The van der Waals surface area contributed by atoms with Crippen molar-refractivity contribution in [1.29, 1.82) is 0 Å². The number of rotatable bonds is 7. The number of nitrogens with one attached hydrogen (secondary N) is 1. The highest BCUT2D eigenvalue weighted by molar-refractivity contribution is 5.92. The largest absolute Gasteiger partial charge is 0.394 e. The molecule has 0 aromatic carbocycles. The van der Waals surface area contributed by atoms with Crippen molar-refractivity contribution < 1.29 is 14.6 Å². The Kier molecular flexibility index (Phi) is 6.10. The van der Waals surface area contributed by atoms with E-state index in [9.17, 15) is 4.79 Å². The first-order valence-corrected chi connectivity index (χ1v) is 5.78. The van der Waals surface area contributed by atoms with Crippen molar-refractivity contribution in [3.63, 3.8) is 0 Å². The molecule has 0 aliphatic rings. The summed E-state index contributed by atoms with van der Waals surface area (Å²) in [6, 6.07) is 5.25. The summed E-state index contributed by atoms with van der Waals surface area (Å²) >= 11 is 0. The maximum Gasteiger partial charge on any atom is 0.272 e. The Morgan fingerprint density at radius 3 is 2.94 bits per heavy atom. The number of aromatic nitrogens is 1.